The molecule has 5 heteroatoms. The maximum Gasteiger partial charge on any atom is 0.339 e. The number of hydrogen-bond acceptors (Lipinski definition) is 4. The minimum absolute atomic E-state index is 0.190. The largest absolute Gasteiger partial charge is 0.462 e. The van der Waals surface area contributed by atoms with Gasteiger partial charge in [0.2, 0.25) is 0 Å². The third-order valence-corrected chi connectivity index (χ3v) is 2.48. The van der Waals surface area contributed by atoms with Gasteiger partial charge in [-0.15, -0.1) is 11.6 Å². The van der Waals surface area contributed by atoms with Crippen molar-refractivity contribution < 1.29 is 14.3 Å². The fourth-order valence-corrected chi connectivity index (χ4v) is 1.28. The molecular weight excluding hydrogens is 230 g/mol. The van der Waals surface area contributed by atoms with Crippen molar-refractivity contribution in [2.45, 2.75) is 19.2 Å². The Morgan fingerprint density at radius 1 is 1.50 bits per heavy atom. The SMILES string of the molecule is CCOC(=O)c1cncc(C(Cl)C(C)=O)c1. The highest BCUT2D eigenvalue weighted by atomic mass is 35.5. The van der Waals surface area contributed by atoms with Crippen LogP contribution in [0.3, 0.4) is 0 Å². The summed E-state index contributed by atoms with van der Waals surface area (Å²) in [4.78, 5) is 26.3. The van der Waals surface area contributed by atoms with Crippen molar-refractivity contribution in [3.8, 4) is 0 Å². The van der Waals surface area contributed by atoms with Gasteiger partial charge in [0.1, 0.15) is 5.38 Å². The van der Waals surface area contributed by atoms with Crippen molar-refractivity contribution in [1.29, 1.82) is 0 Å². The Bertz CT molecular complexity index is 406. The molecule has 0 aliphatic rings. The molecule has 0 saturated carbocycles. The molecule has 0 N–H and O–H groups in total. The van der Waals surface area contributed by atoms with Crippen LogP contribution in [0.4, 0.5) is 0 Å². The van der Waals surface area contributed by atoms with Gasteiger partial charge in [0.15, 0.2) is 5.78 Å². The lowest BCUT2D eigenvalue weighted by Gasteiger charge is -2.07. The van der Waals surface area contributed by atoms with Gasteiger partial charge in [-0.2, -0.15) is 0 Å². The van der Waals surface area contributed by atoms with Gasteiger partial charge in [-0.25, -0.2) is 4.79 Å². The lowest BCUT2D eigenvalue weighted by molar-refractivity contribution is -0.116. The third kappa shape index (κ3) is 3.03. The van der Waals surface area contributed by atoms with Crippen LogP contribution in [0, 0.1) is 0 Å². The molecule has 86 valence electrons. The number of rotatable bonds is 4. The van der Waals surface area contributed by atoms with E-state index in [1.807, 2.05) is 0 Å². The van der Waals surface area contributed by atoms with Crippen LogP contribution >= 0.6 is 11.6 Å². The Labute approximate surface area is 98.6 Å². The van der Waals surface area contributed by atoms with Crippen LogP contribution in [0.2, 0.25) is 0 Å². The molecular formula is C11H12ClNO3. The van der Waals surface area contributed by atoms with Crippen LogP contribution in [-0.4, -0.2) is 23.3 Å². The summed E-state index contributed by atoms with van der Waals surface area (Å²) >= 11 is 5.85. The van der Waals surface area contributed by atoms with Crippen molar-refractivity contribution in [3.63, 3.8) is 0 Å². The number of pyridine rings is 1. The second kappa shape index (κ2) is 5.61. The molecule has 1 atom stereocenters. The Balaban J connectivity index is 2.95. The van der Waals surface area contributed by atoms with Gasteiger partial charge < -0.3 is 4.74 Å². The lowest BCUT2D eigenvalue weighted by atomic mass is 10.1. The van der Waals surface area contributed by atoms with E-state index >= 15 is 0 Å². The summed E-state index contributed by atoms with van der Waals surface area (Å²) in [6.45, 7) is 3.39. The first-order chi connectivity index (χ1) is 7.56. The summed E-state index contributed by atoms with van der Waals surface area (Å²) in [5.41, 5.74) is 0.797. The van der Waals surface area contributed by atoms with Crippen LogP contribution in [0.5, 0.6) is 0 Å². The molecule has 0 aliphatic carbocycles. The molecule has 1 rings (SSSR count). The number of ether oxygens (including phenoxy) is 1. The molecule has 16 heavy (non-hydrogen) atoms. The van der Waals surface area contributed by atoms with E-state index in [1.165, 1.54) is 25.4 Å². The van der Waals surface area contributed by atoms with Crippen molar-refractivity contribution in [2.24, 2.45) is 0 Å². The number of carbonyl (C=O) groups is 2. The Morgan fingerprint density at radius 2 is 2.19 bits per heavy atom. The van der Waals surface area contributed by atoms with Gasteiger partial charge in [0.05, 0.1) is 12.2 Å². The van der Waals surface area contributed by atoms with Gasteiger partial charge in [0, 0.05) is 12.4 Å². The monoisotopic (exact) mass is 241 g/mol. The summed E-state index contributed by atoms with van der Waals surface area (Å²) < 4.78 is 4.82. The van der Waals surface area contributed by atoms with Gasteiger partial charge in [0.25, 0.3) is 0 Å². The third-order valence-electron chi connectivity index (χ3n) is 1.92. The molecule has 4 nitrogen and oxygen atoms in total. The van der Waals surface area contributed by atoms with E-state index in [4.69, 9.17) is 16.3 Å². The highest BCUT2D eigenvalue weighted by Crippen LogP contribution is 2.21. The van der Waals surface area contributed by atoms with Gasteiger partial charge in [-0.3, -0.25) is 9.78 Å². The predicted molar refractivity (Wildman–Crippen MR) is 59.5 cm³/mol. The maximum absolute atomic E-state index is 11.4. The van der Waals surface area contributed by atoms with E-state index in [9.17, 15) is 9.59 Å². The van der Waals surface area contributed by atoms with Crippen LogP contribution < -0.4 is 0 Å². The molecule has 1 aromatic heterocycles. The van der Waals surface area contributed by atoms with Gasteiger partial charge in [-0.05, 0) is 25.5 Å². The van der Waals surface area contributed by atoms with Gasteiger partial charge >= 0.3 is 5.97 Å². The van der Waals surface area contributed by atoms with E-state index in [2.05, 4.69) is 4.98 Å². The first-order valence-electron chi connectivity index (χ1n) is 4.82. The number of hydrogen-bond donors (Lipinski definition) is 0. The van der Waals surface area contributed by atoms with Crippen molar-refractivity contribution >= 4 is 23.4 Å². The minimum Gasteiger partial charge on any atom is -0.462 e. The molecule has 0 saturated heterocycles. The molecule has 0 spiro atoms. The van der Waals surface area contributed by atoms with Crippen molar-refractivity contribution in [3.05, 3.63) is 29.6 Å². The zero-order valence-electron chi connectivity index (χ0n) is 9.07. The first-order valence-corrected chi connectivity index (χ1v) is 5.26. The van der Waals surface area contributed by atoms with E-state index in [0.29, 0.717) is 17.7 Å². The van der Waals surface area contributed by atoms with E-state index in [1.54, 1.807) is 6.92 Å². The average molecular weight is 242 g/mol. The second-order valence-corrected chi connectivity index (χ2v) is 3.64. The number of Topliss-reactive ketones (excluding diaryl/α,β-unsaturated/α-hetero) is 1. The molecule has 1 heterocycles. The molecule has 0 fully saturated rings. The zero-order chi connectivity index (χ0) is 12.1. The highest BCUT2D eigenvalue weighted by Gasteiger charge is 2.16. The smallest absolute Gasteiger partial charge is 0.339 e. The molecule has 1 aromatic rings. The van der Waals surface area contributed by atoms with Crippen LogP contribution in [0.25, 0.3) is 0 Å². The number of nitrogens with zero attached hydrogens (tertiary/aromatic N) is 1. The van der Waals surface area contributed by atoms with E-state index < -0.39 is 11.3 Å². The molecule has 1 unspecified atom stereocenters. The first kappa shape index (κ1) is 12.6. The molecule has 0 aromatic carbocycles. The average Bonchev–Trinajstić information content (AvgIpc) is 2.28. The zero-order valence-corrected chi connectivity index (χ0v) is 9.82. The van der Waals surface area contributed by atoms with Gasteiger partial charge in [-0.1, -0.05) is 0 Å². The number of aromatic nitrogens is 1. The van der Waals surface area contributed by atoms with E-state index in [-0.39, 0.29) is 5.78 Å². The fourth-order valence-electron chi connectivity index (χ4n) is 1.16. The normalized spacial score (nSPS) is 11.9. The number of ketones is 1. The lowest BCUT2D eigenvalue weighted by Crippen LogP contribution is -2.08. The predicted octanol–water partition coefficient (Wildman–Crippen LogP) is 2.13. The summed E-state index contributed by atoms with van der Waals surface area (Å²) in [6.07, 6.45) is 2.84. The number of esters is 1. The molecule has 0 aliphatic heterocycles. The van der Waals surface area contributed by atoms with Crippen LogP contribution in [-0.2, 0) is 9.53 Å². The Hall–Kier alpha value is -1.42. The topological polar surface area (TPSA) is 56.3 Å². The number of alkyl halides is 1. The second-order valence-electron chi connectivity index (χ2n) is 3.20. The fraction of sp³-hybridized carbons (Fsp3) is 0.364. The summed E-state index contributed by atoms with van der Waals surface area (Å²) in [5.74, 6) is -0.659. The summed E-state index contributed by atoms with van der Waals surface area (Å²) in [7, 11) is 0. The Morgan fingerprint density at radius 3 is 2.75 bits per heavy atom. The molecule has 0 radical (unpaired) electrons. The van der Waals surface area contributed by atoms with Crippen LogP contribution in [0.1, 0.15) is 35.1 Å². The number of carbonyl (C=O) groups excluding carboxylic acids is 2. The highest BCUT2D eigenvalue weighted by molar-refractivity contribution is 6.30. The quantitative estimate of drug-likeness (QED) is 0.599. The summed E-state index contributed by atoms with van der Waals surface area (Å²) in [6, 6.07) is 1.52. The maximum atomic E-state index is 11.4. The van der Waals surface area contributed by atoms with E-state index in [0.717, 1.165) is 0 Å². The standard InChI is InChI=1S/C11H12ClNO3/c1-3-16-11(15)9-4-8(5-13-6-9)10(12)7(2)14/h4-6,10H,3H2,1-2H3. The van der Waals surface area contributed by atoms with Crippen molar-refractivity contribution in [1.82, 2.24) is 4.98 Å². The van der Waals surface area contributed by atoms with Crippen molar-refractivity contribution in [2.75, 3.05) is 6.61 Å². The minimum atomic E-state index is -0.776. The molecule has 0 bridgehead atoms. The van der Waals surface area contributed by atoms with Crippen LogP contribution in [0.15, 0.2) is 18.5 Å². The Kier molecular flexibility index (Phi) is 4.43. The number of halogens is 1. The summed E-state index contributed by atoms with van der Waals surface area (Å²) in [5, 5.41) is -0.776. The molecule has 0 amide bonds.